The minimum atomic E-state index is -0.0965. The summed E-state index contributed by atoms with van der Waals surface area (Å²) in [5.74, 6) is 0.999. The van der Waals surface area contributed by atoms with Gasteiger partial charge in [0.1, 0.15) is 0 Å². The lowest BCUT2D eigenvalue weighted by Gasteiger charge is -2.35. The van der Waals surface area contributed by atoms with E-state index in [0.29, 0.717) is 41.6 Å². The van der Waals surface area contributed by atoms with Crippen molar-refractivity contribution in [2.45, 2.75) is 76.8 Å². The number of carbonyl (C=O) groups is 1. The van der Waals surface area contributed by atoms with Crippen LogP contribution in [0.1, 0.15) is 77.8 Å². The number of H-pyrrole nitrogens is 1. The van der Waals surface area contributed by atoms with E-state index in [1.807, 2.05) is 6.92 Å². The van der Waals surface area contributed by atoms with Gasteiger partial charge in [-0.05, 0) is 63.9 Å². The van der Waals surface area contributed by atoms with Crippen molar-refractivity contribution in [2.75, 3.05) is 0 Å². The Bertz CT molecular complexity index is 1210. The highest BCUT2D eigenvalue weighted by Crippen LogP contribution is 2.31. The third-order valence-electron chi connectivity index (χ3n) is 7.16. The molecule has 2 N–H and O–H groups in total. The lowest BCUT2D eigenvalue weighted by molar-refractivity contribution is 0.0971. The molecule has 2 aliphatic rings. The maximum absolute atomic E-state index is 13.1. The highest BCUT2D eigenvalue weighted by atomic mass is 16.1. The molecule has 0 spiro atoms. The smallest absolute Gasteiger partial charge is 0.255 e. The summed E-state index contributed by atoms with van der Waals surface area (Å²) in [5.41, 5.74) is 4.23. The molecule has 3 aromatic rings. The van der Waals surface area contributed by atoms with Crippen LogP contribution in [0.25, 0.3) is 5.95 Å². The van der Waals surface area contributed by atoms with E-state index in [4.69, 9.17) is 0 Å². The summed E-state index contributed by atoms with van der Waals surface area (Å²) in [7, 11) is 0. The van der Waals surface area contributed by atoms with Crippen LogP contribution in [0, 0.1) is 6.92 Å². The second-order valence-electron chi connectivity index (χ2n) is 9.53. The average Bonchev–Trinajstić information content (AvgIpc) is 3.44. The Balaban J connectivity index is 1.27. The van der Waals surface area contributed by atoms with E-state index in [9.17, 15) is 9.59 Å². The van der Waals surface area contributed by atoms with Crippen LogP contribution in [0.2, 0.25) is 0 Å². The van der Waals surface area contributed by atoms with Crippen LogP contribution in [0.5, 0.6) is 0 Å². The molecule has 1 aromatic carbocycles. The van der Waals surface area contributed by atoms with Crippen molar-refractivity contribution in [3.05, 3.63) is 75.0 Å². The topological polar surface area (TPSA) is 92.7 Å². The molecule has 33 heavy (non-hydrogen) atoms. The summed E-state index contributed by atoms with van der Waals surface area (Å²) >= 11 is 0. The largest absolute Gasteiger partial charge is 0.311 e. The van der Waals surface area contributed by atoms with Gasteiger partial charge in [-0.15, -0.1) is 0 Å². The van der Waals surface area contributed by atoms with Crippen LogP contribution < -0.4 is 10.9 Å². The Hall–Kier alpha value is -3.06. The molecule has 7 nitrogen and oxygen atoms in total. The predicted molar refractivity (Wildman–Crippen MR) is 127 cm³/mol. The van der Waals surface area contributed by atoms with Crippen molar-refractivity contribution in [1.82, 2.24) is 25.1 Å². The van der Waals surface area contributed by atoms with E-state index in [0.717, 1.165) is 49.8 Å². The number of ketones is 1. The third kappa shape index (κ3) is 4.42. The Kier molecular flexibility index (Phi) is 5.98. The zero-order valence-corrected chi connectivity index (χ0v) is 19.3. The van der Waals surface area contributed by atoms with Crippen LogP contribution in [0.4, 0.5) is 0 Å². The molecule has 3 unspecified atom stereocenters. The predicted octanol–water partition coefficient (Wildman–Crippen LogP) is 3.64. The van der Waals surface area contributed by atoms with E-state index in [1.165, 1.54) is 5.56 Å². The van der Waals surface area contributed by atoms with Gasteiger partial charge in [0, 0.05) is 24.1 Å². The number of hydrogen-bond acceptors (Lipinski definition) is 5. The van der Waals surface area contributed by atoms with Crippen LogP contribution >= 0.6 is 0 Å². The summed E-state index contributed by atoms with van der Waals surface area (Å²) in [6.07, 6.45) is 7.57. The first kappa shape index (κ1) is 21.8. The van der Waals surface area contributed by atoms with E-state index >= 15 is 0 Å². The van der Waals surface area contributed by atoms with E-state index < -0.39 is 0 Å². The van der Waals surface area contributed by atoms with E-state index in [-0.39, 0.29) is 11.3 Å². The molecule has 1 saturated heterocycles. The second kappa shape index (κ2) is 9.06. The van der Waals surface area contributed by atoms with E-state index in [2.05, 4.69) is 57.6 Å². The molecule has 5 rings (SSSR count). The minimum Gasteiger partial charge on any atom is -0.311 e. The Morgan fingerprint density at radius 1 is 1.18 bits per heavy atom. The maximum atomic E-state index is 13.1. The molecule has 3 atom stereocenters. The zero-order valence-electron chi connectivity index (χ0n) is 19.3. The fourth-order valence-corrected chi connectivity index (χ4v) is 5.47. The first-order valence-corrected chi connectivity index (χ1v) is 12.0. The van der Waals surface area contributed by atoms with Gasteiger partial charge in [-0.2, -0.15) is 5.10 Å². The first-order chi connectivity index (χ1) is 16.0. The van der Waals surface area contributed by atoms with Gasteiger partial charge >= 0.3 is 0 Å². The normalized spacial score (nSPS) is 22.3. The lowest BCUT2D eigenvalue weighted by atomic mass is 9.82. The minimum absolute atomic E-state index is 0.0820. The quantitative estimate of drug-likeness (QED) is 0.565. The SMILES string of the molecule is Cc1c(C(=O)CCC2CC(c3ccccc3)CC(C)N2)cnn1-c1nc2c(c(=O)[nH]1)CCC2. The third-order valence-corrected chi connectivity index (χ3v) is 7.16. The second-order valence-corrected chi connectivity index (χ2v) is 9.53. The summed E-state index contributed by atoms with van der Waals surface area (Å²) in [6, 6.07) is 11.4. The number of nitrogens with one attached hydrogen (secondary N) is 2. The van der Waals surface area contributed by atoms with Crippen molar-refractivity contribution in [1.29, 1.82) is 0 Å². The number of Topliss-reactive ketones (excluding diaryl/α,β-unsaturated/α-hetero) is 1. The van der Waals surface area contributed by atoms with Gasteiger partial charge in [0.2, 0.25) is 5.95 Å². The number of rotatable bonds is 6. The first-order valence-electron chi connectivity index (χ1n) is 12.0. The number of piperidine rings is 1. The number of hydrogen-bond donors (Lipinski definition) is 2. The van der Waals surface area contributed by atoms with Crippen molar-refractivity contribution in [3.8, 4) is 5.95 Å². The Labute approximate surface area is 193 Å². The highest BCUT2D eigenvalue weighted by Gasteiger charge is 2.28. The van der Waals surface area contributed by atoms with Crippen molar-refractivity contribution in [2.24, 2.45) is 0 Å². The van der Waals surface area contributed by atoms with Crippen molar-refractivity contribution >= 4 is 5.78 Å². The summed E-state index contributed by atoms with van der Waals surface area (Å²) < 4.78 is 1.58. The molecule has 7 heteroatoms. The van der Waals surface area contributed by atoms with E-state index in [1.54, 1.807) is 10.9 Å². The van der Waals surface area contributed by atoms with Crippen molar-refractivity contribution in [3.63, 3.8) is 0 Å². The van der Waals surface area contributed by atoms with Gasteiger partial charge in [-0.25, -0.2) is 9.67 Å². The molecule has 1 fully saturated rings. The number of aryl methyl sites for hydroxylation is 1. The number of benzene rings is 1. The molecule has 0 radical (unpaired) electrons. The molecule has 3 heterocycles. The number of aromatic amines is 1. The highest BCUT2D eigenvalue weighted by molar-refractivity contribution is 5.97. The summed E-state index contributed by atoms with van der Waals surface area (Å²) in [5, 5.41) is 8.06. The Morgan fingerprint density at radius 2 is 2.00 bits per heavy atom. The number of fused-ring (bicyclic) bond motifs is 1. The summed E-state index contributed by atoms with van der Waals surface area (Å²) in [4.78, 5) is 32.9. The molecular formula is C26H31N5O2. The van der Waals surface area contributed by atoms with Gasteiger partial charge in [0.15, 0.2) is 5.78 Å². The zero-order chi connectivity index (χ0) is 22.9. The number of aromatic nitrogens is 4. The van der Waals surface area contributed by atoms with Gasteiger partial charge < -0.3 is 5.32 Å². The van der Waals surface area contributed by atoms with Gasteiger partial charge in [0.25, 0.3) is 5.56 Å². The maximum Gasteiger partial charge on any atom is 0.255 e. The van der Waals surface area contributed by atoms with Gasteiger partial charge in [-0.1, -0.05) is 30.3 Å². The Morgan fingerprint density at radius 3 is 2.82 bits per heavy atom. The lowest BCUT2D eigenvalue weighted by Crippen LogP contribution is -2.43. The molecule has 0 amide bonds. The van der Waals surface area contributed by atoms with Gasteiger partial charge in [0.05, 0.1) is 23.1 Å². The number of nitrogens with zero attached hydrogens (tertiary/aromatic N) is 3. The van der Waals surface area contributed by atoms with Gasteiger partial charge in [-0.3, -0.25) is 14.6 Å². The standard InChI is InChI=1S/C26H31N5O2/c1-16-13-19(18-7-4-3-5-8-18)14-20(28-16)11-12-24(32)22-15-27-31(17(22)2)26-29-23-10-6-9-21(23)25(33)30-26/h3-5,7-8,15-16,19-20,28H,6,9-14H2,1-2H3,(H,29,30,33). The average molecular weight is 446 g/mol. The van der Waals surface area contributed by atoms with Crippen LogP contribution in [-0.2, 0) is 12.8 Å². The fourth-order valence-electron chi connectivity index (χ4n) is 5.47. The van der Waals surface area contributed by atoms with Crippen LogP contribution in [-0.4, -0.2) is 37.6 Å². The summed E-state index contributed by atoms with van der Waals surface area (Å²) in [6.45, 7) is 4.09. The molecule has 0 saturated carbocycles. The monoisotopic (exact) mass is 445 g/mol. The fraction of sp³-hybridized carbons (Fsp3) is 0.462. The molecule has 0 bridgehead atoms. The molecule has 2 aromatic heterocycles. The van der Waals surface area contributed by atoms with Crippen LogP contribution in [0.3, 0.4) is 0 Å². The van der Waals surface area contributed by atoms with Crippen molar-refractivity contribution < 1.29 is 4.79 Å². The molecule has 1 aliphatic heterocycles. The molecule has 172 valence electrons. The molecule has 1 aliphatic carbocycles. The van der Waals surface area contributed by atoms with Crippen LogP contribution in [0.15, 0.2) is 41.3 Å². The molecular weight excluding hydrogens is 414 g/mol. The number of carbonyl (C=O) groups excluding carboxylic acids is 1.